The van der Waals surface area contributed by atoms with Crippen LogP contribution < -0.4 is 4.72 Å². The fourth-order valence-corrected chi connectivity index (χ4v) is 4.88. The molecule has 7 nitrogen and oxygen atoms in total. The summed E-state index contributed by atoms with van der Waals surface area (Å²) < 4.78 is 27.3. The van der Waals surface area contributed by atoms with Crippen LogP contribution in [0.3, 0.4) is 0 Å². The number of hydrogen-bond acceptors (Lipinski definition) is 5. The highest BCUT2D eigenvalue weighted by Gasteiger charge is 2.29. The molecule has 3 aromatic rings. The minimum absolute atomic E-state index is 0.169. The maximum absolute atomic E-state index is 12.3. The van der Waals surface area contributed by atoms with E-state index in [0.29, 0.717) is 12.8 Å². The van der Waals surface area contributed by atoms with Crippen molar-refractivity contribution in [1.29, 1.82) is 0 Å². The number of nitro benzene ring substituents is 1. The number of benzene rings is 3. The summed E-state index contributed by atoms with van der Waals surface area (Å²) in [5.74, 6) is 0. The van der Waals surface area contributed by atoms with Crippen LogP contribution in [0.25, 0.3) is 0 Å². The summed E-state index contributed by atoms with van der Waals surface area (Å²) in [4.78, 5) is 12.3. The van der Waals surface area contributed by atoms with E-state index in [2.05, 4.69) is 35.6 Å². The first-order chi connectivity index (χ1) is 19.3. The minimum Gasteiger partial charge on any atom is -0.303 e. The first-order valence-corrected chi connectivity index (χ1v) is 15.8. The Labute approximate surface area is 243 Å². The van der Waals surface area contributed by atoms with E-state index in [-0.39, 0.29) is 10.9 Å². The second-order valence-electron chi connectivity index (χ2n) is 7.86. The average molecular weight is 574 g/mol. The molecule has 1 aliphatic heterocycles. The molecule has 1 fully saturated rings. The Morgan fingerprint density at radius 1 is 0.775 bits per heavy atom. The highest BCUT2D eigenvalue weighted by Crippen LogP contribution is 2.24. The lowest BCUT2D eigenvalue weighted by Crippen LogP contribution is -2.44. The van der Waals surface area contributed by atoms with E-state index >= 15 is 0 Å². The minimum atomic E-state index is -3.87. The molecule has 0 bridgehead atoms. The van der Waals surface area contributed by atoms with Crippen molar-refractivity contribution in [1.82, 2.24) is 9.62 Å². The molecule has 0 atom stereocenters. The molecule has 224 valence electrons. The van der Waals surface area contributed by atoms with Gasteiger partial charge in [0.15, 0.2) is 4.90 Å². The largest absolute Gasteiger partial charge is 0.303 e. The van der Waals surface area contributed by atoms with Crippen LogP contribution in [0.5, 0.6) is 0 Å². The van der Waals surface area contributed by atoms with Gasteiger partial charge in [-0.05, 0) is 45.5 Å². The number of sulfonamides is 1. The highest BCUT2D eigenvalue weighted by molar-refractivity contribution is 7.89. The Bertz CT molecular complexity index is 1060. The number of aryl methyl sites for hydroxylation is 1. The van der Waals surface area contributed by atoms with Crippen LogP contribution in [-0.4, -0.2) is 43.9 Å². The summed E-state index contributed by atoms with van der Waals surface area (Å²) in [6.07, 6.45) is 1.43. The zero-order chi connectivity index (χ0) is 30.8. The zero-order valence-electron chi connectivity index (χ0n) is 25.7. The number of likely N-dealkylation sites (tertiary alicyclic amines) is 1. The number of nitro groups is 1. The molecular formula is C32H51N3O4S. The third-order valence-electron chi connectivity index (χ3n) is 5.32. The Morgan fingerprint density at radius 3 is 1.55 bits per heavy atom. The molecule has 0 amide bonds. The van der Waals surface area contributed by atoms with Gasteiger partial charge >= 0.3 is 0 Å². The van der Waals surface area contributed by atoms with Gasteiger partial charge in [-0.25, -0.2) is 13.1 Å². The summed E-state index contributed by atoms with van der Waals surface area (Å²) in [7, 11) is -3.87. The van der Waals surface area contributed by atoms with Crippen LogP contribution >= 0.6 is 0 Å². The molecular weight excluding hydrogens is 522 g/mol. The van der Waals surface area contributed by atoms with Gasteiger partial charge in [0.1, 0.15) is 0 Å². The summed E-state index contributed by atoms with van der Waals surface area (Å²) >= 11 is 0. The molecule has 0 saturated carbocycles. The quantitative estimate of drug-likeness (QED) is 0.246. The van der Waals surface area contributed by atoms with Crippen LogP contribution in [0.15, 0.2) is 95.9 Å². The van der Waals surface area contributed by atoms with Gasteiger partial charge in [-0.15, -0.1) is 0 Å². The molecule has 8 heteroatoms. The van der Waals surface area contributed by atoms with Gasteiger partial charge in [0, 0.05) is 12.1 Å². The summed E-state index contributed by atoms with van der Waals surface area (Å²) in [5.41, 5.74) is 0.929. The van der Waals surface area contributed by atoms with E-state index in [0.717, 1.165) is 19.6 Å². The Balaban J connectivity index is 0. The third-order valence-corrected chi connectivity index (χ3v) is 6.88. The van der Waals surface area contributed by atoms with Gasteiger partial charge in [0.05, 0.1) is 4.92 Å². The summed E-state index contributed by atoms with van der Waals surface area (Å²) in [6.45, 7) is 18.8. The number of para-hydroxylation sites is 1. The maximum atomic E-state index is 12.3. The predicted octanol–water partition coefficient (Wildman–Crippen LogP) is 8.12. The summed E-state index contributed by atoms with van der Waals surface area (Å²) in [5, 5.41) is 10.9. The van der Waals surface area contributed by atoms with Gasteiger partial charge < -0.3 is 4.90 Å². The van der Waals surface area contributed by atoms with Gasteiger partial charge in [-0.2, -0.15) is 0 Å². The van der Waals surface area contributed by atoms with Crippen molar-refractivity contribution in [2.75, 3.05) is 19.6 Å². The summed E-state index contributed by atoms with van der Waals surface area (Å²) in [6, 6.07) is 27.5. The molecule has 0 aliphatic carbocycles. The van der Waals surface area contributed by atoms with E-state index in [1.165, 1.54) is 29.8 Å². The van der Waals surface area contributed by atoms with Crippen molar-refractivity contribution in [3.63, 3.8) is 0 Å². The standard InChI is InChI=1S/C13H19N3O4S.C7H8.C6H6.3C2H6/c1-2-15-9-7-11(8-10-15)14-21(19,20)13-6-4-3-5-12(13)16(17)18;1-7-5-3-2-4-6-7;1-2-4-6-5-3-1;3*1-2/h3-6,11,14H,2,7-10H2,1H3;2-6H,1H3;1-6H;3*1-2H3. The third kappa shape index (κ3) is 16.8. The average Bonchev–Trinajstić information content (AvgIpc) is 3.02. The molecule has 1 heterocycles. The second kappa shape index (κ2) is 24.9. The van der Waals surface area contributed by atoms with Crippen molar-refractivity contribution in [3.05, 3.63) is 107 Å². The topological polar surface area (TPSA) is 92.6 Å². The first-order valence-electron chi connectivity index (χ1n) is 14.3. The smallest absolute Gasteiger partial charge is 0.289 e. The predicted molar refractivity (Wildman–Crippen MR) is 170 cm³/mol. The first kappa shape index (κ1) is 39.1. The van der Waals surface area contributed by atoms with E-state index in [9.17, 15) is 18.5 Å². The number of nitrogens with zero attached hydrogens (tertiary/aromatic N) is 2. The lowest BCUT2D eigenvalue weighted by atomic mass is 10.1. The van der Waals surface area contributed by atoms with Crippen LogP contribution in [0.2, 0.25) is 0 Å². The van der Waals surface area contributed by atoms with E-state index in [4.69, 9.17) is 0 Å². The monoisotopic (exact) mass is 573 g/mol. The van der Waals surface area contributed by atoms with E-state index in [1.54, 1.807) is 0 Å². The normalized spacial score (nSPS) is 12.5. The number of piperidine rings is 1. The molecule has 1 aliphatic rings. The molecule has 3 aromatic carbocycles. The maximum Gasteiger partial charge on any atom is 0.289 e. The fraction of sp³-hybridized carbons (Fsp3) is 0.438. The molecule has 1 saturated heterocycles. The van der Waals surface area contributed by atoms with E-state index in [1.807, 2.05) is 96.1 Å². The van der Waals surface area contributed by atoms with Gasteiger partial charge in [0.2, 0.25) is 10.0 Å². The molecule has 0 aromatic heterocycles. The Hall–Kier alpha value is -3.07. The molecule has 0 unspecified atom stereocenters. The van der Waals surface area contributed by atoms with E-state index < -0.39 is 20.6 Å². The molecule has 0 spiro atoms. The van der Waals surface area contributed by atoms with Crippen molar-refractivity contribution < 1.29 is 13.3 Å². The lowest BCUT2D eigenvalue weighted by Gasteiger charge is -2.31. The van der Waals surface area contributed by atoms with Crippen LogP contribution in [0, 0.1) is 17.0 Å². The van der Waals surface area contributed by atoms with Crippen LogP contribution in [0.1, 0.15) is 66.9 Å². The molecule has 1 N–H and O–H groups in total. The molecule has 4 rings (SSSR count). The second-order valence-corrected chi connectivity index (χ2v) is 9.55. The van der Waals surface area contributed by atoms with Crippen molar-refractivity contribution in [3.8, 4) is 0 Å². The van der Waals surface area contributed by atoms with Crippen molar-refractivity contribution in [2.45, 2.75) is 79.2 Å². The van der Waals surface area contributed by atoms with Crippen LogP contribution in [-0.2, 0) is 10.0 Å². The Kier molecular flexibility index (Phi) is 24.4. The SMILES string of the molecule is CC.CC.CC.CCN1CCC(NS(=O)(=O)c2ccccc2[N+](=O)[O-])CC1.Cc1ccccc1.c1ccccc1. The number of hydrogen-bond donors (Lipinski definition) is 1. The fourth-order valence-electron chi connectivity index (χ4n) is 3.40. The van der Waals surface area contributed by atoms with Crippen LogP contribution in [0.4, 0.5) is 5.69 Å². The molecule has 0 radical (unpaired) electrons. The number of rotatable bonds is 5. The molecule has 40 heavy (non-hydrogen) atoms. The van der Waals surface area contributed by atoms with Gasteiger partial charge in [-0.3, -0.25) is 10.1 Å². The van der Waals surface area contributed by atoms with Crippen molar-refractivity contribution in [2.24, 2.45) is 0 Å². The van der Waals surface area contributed by atoms with Crippen molar-refractivity contribution >= 4 is 15.7 Å². The van der Waals surface area contributed by atoms with Gasteiger partial charge in [-0.1, -0.05) is 133 Å². The zero-order valence-corrected chi connectivity index (χ0v) is 26.5. The lowest BCUT2D eigenvalue weighted by molar-refractivity contribution is -0.387. The number of nitrogens with one attached hydrogen (secondary N) is 1. The van der Waals surface area contributed by atoms with Gasteiger partial charge in [0.25, 0.3) is 5.69 Å². The highest BCUT2D eigenvalue weighted by atomic mass is 32.2. The Morgan fingerprint density at radius 2 is 1.18 bits per heavy atom.